The molecule has 1 saturated heterocycles. The highest BCUT2D eigenvalue weighted by Gasteiger charge is 2.29. The fourth-order valence-corrected chi connectivity index (χ4v) is 2.22. The van der Waals surface area contributed by atoms with Gasteiger partial charge in [0, 0.05) is 26.3 Å². The van der Waals surface area contributed by atoms with Crippen LogP contribution in [0.15, 0.2) is 0 Å². The Morgan fingerprint density at radius 2 is 1.94 bits per heavy atom. The highest BCUT2D eigenvalue weighted by molar-refractivity contribution is 4.83. The molecule has 0 amide bonds. The first-order valence-electron chi connectivity index (χ1n) is 6.25. The molecule has 1 atom stereocenters. The standard InChI is InChI=1S/C12H25NO3/c1-4-15-11(16-5-2)9-13-8-6-7-12(3,14)10-13/h11,14H,4-10H2,1-3H3/t12-/m0/s1. The summed E-state index contributed by atoms with van der Waals surface area (Å²) < 4.78 is 11.0. The lowest BCUT2D eigenvalue weighted by atomic mass is 9.95. The summed E-state index contributed by atoms with van der Waals surface area (Å²) in [4.78, 5) is 2.22. The molecular formula is C12H25NO3. The van der Waals surface area contributed by atoms with Crippen LogP contribution in [0.2, 0.25) is 0 Å². The highest BCUT2D eigenvalue weighted by atomic mass is 16.7. The normalized spacial score (nSPS) is 27.6. The van der Waals surface area contributed by atoms with Gasteiger partial charge in [-0.2, -0.15) is 0 Å². The second-order valence-corrected chi connectivity index (χ2v) is 4.68. The second kappa shape index (κ2) is 6.55. The average Bonchev–Trinajstić information content (AvgIpc) is 2.16. The van der Waals surface area contributed by atoms with E-state index >= 15 is 0 Å². The number of aliphatic hydroxyl groups is 1. The molecule has 1 fully saturated rings. The maximum atomic E-state index is 9.99. The molecule has 4 heteroatoms. The van der Waals surface area contributed by atoms with Crippen molar-refractivity contribution in [1.29, 1.82) is 0 Å². The lowest BCUT2D eigenvalue weighted by Crippen LogP contribution is -2.49. The minimum Gasteiger partial charge on any atom is -0.389 e. The molecule has 0 saturated carbocycles. The molecule has 1 rings (SSSR count). The first-order valence-corrected chi connectivity index (χ1v) is 6.25. The number of likely N-dealkylation sites (tertiary alicyclic amines) is 1. The summed E-state index contributed by atoms with van der Waals surface area (Å²) in [6, 6.07) is 0. The Balaban J connectivity index is 2.38. The van der Waals surface area contributed by atoms with Crippen molar-refractivity contribution < 1.29 is 14.6 Å². The highest BCUT2D eigenvalue weighted by Crippen LogP contribution is 2.20. The second-order valence-electron chi connectivity index (χ2n) is 4.68. The molecule has 16 heavy (non-hydrogen) atoms. The van der Waals surface area contributed by atoms with E-state index < -0.39 is 5.60 Å². The lowest BCUT2D eigenvalue weighted by molar-refractivity contribution is -0.154. The van der Waals surface area contributed by atoms with Gasteiger partial charge in [0.1, 0.15) is 0 Å². The summed E-state index contributed by atoms with van der Waals surface area (Å²) in [5, 5.41) is 9.99. The summed E-state index contributed by atoms with van der Waals surface area (Å²) in [5.74, 6) is 0. The van der Waals surface area contributed by atoms with E-state index in [1.807, 2.05) is 20.8 Å². The van der Waals surface area contributed by atoms with E-state index in [4.69, 9.17) is 9.47 Å². The van der Waals surface area contributed by atoms with Crippen molar-refractivity contribution in [2.24, 2.45) is 0 Å². The van der Waals surface area contributed by atoms with E-state index in [-0.39, 0.29) is 6.29 Å². The fourth-order valence-electron chi connectivity index (χ4n) is 2.22. The fraction of sp³-hybridized carbons (Fsp3) is 1.00. The van der Waals surface area contributed by atoms with Crippen molar-refractivity contribution in [1.82, 2.24) is 4.90 Å². The molecule has 0 bridgehead atoms. The first kappa shape index (κ1) is 13.9. The van der Waals surface area contributed by atoms with Crippen LogP contribution in [0.25, 0.3) is 0 Å². The Labute approximate surface area is 98.5 Å². The molecule has 96 valence electrons. The van der Waals surface area contributed by atoms with Crippen molar-refractivity contribution in [2.75, 3.05) is 32.8 Å². The van der Waals surface area contributed by atoms with E-state index in [0.29, 0.717) is 19.8 Å². The van der Waals surface area contributed by atoms with E-state index in [0.717, 1.165) is 25.9 Å². The molecule has 1 aliphatic heterocycles. The molecule has 0 aromatic rings. The van der Waals surface area contributed by atoms with Crippen LogP contribution in [0.5, 0.6) is 0 Å². The van der Waals surface area contributed by atoms with Gasteiger partial charge >= 0.3 is 0 Å². The van der Waals surface area contributed by atoms with Crippen molar-refractivity contribution in [3.63, 3.8) is 0 Å². The lowest BCUT2D eigenvalue weighted by Gasteiger charge is -2.38. The Kier molecular flexibility index (Phi) is 5.69. The van der Waals surface area contributed by atoms with Crippen molar-refractivity contribution in [3.05, 3.63) is 0 Å². The Morgan fingerprint density at radius 1 is 1.31 bits per heavy atom. The maximum absolute atomic E-state index is 9.99. The van der Waals surface area contributed by atoms with Gasteiger partial charge in [0.2, 0.25) is 0 Å². The van der Waals surface area contributed by atoms with Crippen molar-refractivity contribution in [2.45, 2.75) is 45.5 Å². The van der Waals surface area contributed by atoms with Gasteiger partial charge in [0.25, 0.3) is 0 Å². The van der Waals surface area contributed by atoms with Gasteiger partial charge in [-0.25, -0.2) is 0 Å². The van der Waals surface area contributed by atoms with Crippen LogP contribution < -0.4 is 0 Å². The molecule has 1 aliphatic rings. The van der Waals surface area contributed by atoms with Gasteiger partial charge in [-0.3, -0.25) is 4.90 Å². The quantitative estimate of drug-likeness (QED) is 0.698. The zero-order valence-electron chi connectivity index (χ0n) is 10.7. The van der Waals surface area contributed by atoms with Crippen LogP contribution >= 0.6 is 0 Å². The van der Waals surface area contributed by atoms with Gasteiger partial charge in [0.15, 0.2) is 6.29 Å². The summed E-state index contributed by atoms with van der Waals surface area (Å²) in [6.07, 6.45) is 1.76. The first-order chi connectivity index (χ1) is 7.57. The van der Waals surface area contributed by atoms with Crippen molar-refractivity contribution in [3.8, 4) is 0 Å². The number of hydrogen-bond acceptors (Lipinski definition) is 4. The van der Waals surface area contributed by atoms with Crippen LogP contribution in [0.3, 0.4) is 0 Å². The zero-order chi connectivity index (χ0) is 12.0. The number of nitrogens with zero attached hydrogens (tertiary/aromatic N) is 1. The molecular weight excluding hydrogens is 206 g/mol. The molecule has 0 aliphatic carbocycles. The average molecular weight is 231 g/mol. The van der Waals surface area contributed by atoms with Gasteiger partial charge in [-0.05, 0) is 40.2 Å². The van der Waals surface area contributed by atoms with Gasteiger partial charge in [-0.1, -0.05) is 0 Å². The Morgan fingerprint density at radius 3 is 2.44 bits per heavy atom. The largest absolute Gasteiger partial charge is 0.389 e. The smallest absolute Gasteiger partial charge is 0.170 e. The van der Waals surface area contributed by atoms with E-state index in [2.05, 4.69) is 4.90 Å². The third-order valence-corrected chi connectivity index (χ3v) is 2.87. The van der Waals surface area contributed by atoms with Crippen LogP contribution in [0.4, 0.5) is 0 Å². The molecule has 0 spiro atoms. The minimum atomic E-state index is -0.554. The Hall–Kier alpha value is -0.160. The third-order valence-electron chi connectivity index (χ3n) is 2.87. The van der Waals surface area contributed by atoms with Crippen molar-refractivity contribution >= 4 is 0 Å². The molecule has 1 N–H and O–H groups in total. The molecule has 0 unspecified atom stereocenters. The predicted octanol–water partition coefficient (Wildman–Crippen LogP) is 1.23. The number of rotatable bonds is 6. The number of β-amino-alcohol motifs (C(OH)–C–C–N with tert-alkyl or cyclic N) is 1. The predicted molar refractivity (Wildman–Crippen MR) is 63.3 cm³/mol. The molecule has 1 heterocycles. The van der Waals surface area contributed by atoms with E-state index in [9.17, 15) is 5.11 Å². The van der Waals surface area contributed by atoms with Crippen LogP contribution in [-0.4, -0.2) is 54.7 Å². The van der Waals surface area contributed by atoms with Gasteiger partial charge in [0.05, 0.1) is 5.60 Å². The van der Waals surface area contributed by atoms with Gasteiger partial charge < -0.3 is 14.6 Å². The van der Waals surface area contributed by atoms with Crippen LogP contribution in [0, 0.1) is 0 Å². The third kappa shape index (κ3) is 4.78. The summed E-state index contributed by atoms with van der Waals surface area (Å²) in [5.41, 5.74) is -0.554. The van der Waals surface area contributed by atoms with Gasteiger partial charge in [-0.15, -0.1) is 0 Å². The van der Waals surface area contributed by atoms with Crippen LogP contribution in [0.1, 0.15) is 33.6 Å². The zero-order valence-corrected chi connectivity index (χ0v) is 10.7. The topological polar surface area (TPSA) is 41.9 Å². The number of ether oxygens (including phenoxy) is 2. The molecule has 4 nitrogen and oxygen atoms in total. The SMILES string of the molecule is CCOC(CN1CCC[C@](C)(O)C1)OCC. The van der Waals surface area contributed by atoms with E-state index in [1.54, 1.807) is 0 Å². The summed E-state index contributed by atoms with van der Waals surface area (Å²) in [7, 11) is 0. The minimum absolute atomic E-state index is 0.163. The molecule has 0 aromatic carbocycles. The van der Waals surface area contributed by atoms with Crippen LogP contribution in [-0.2, 0) is 9.47 Å². The summed E-state index contributed by atoms with van der Waals surface area (Å²) in [6.45, 7) is 9.64. The maximum Gasteiger partial charge on any atom is 0.170 e. The van der Waals surface area contributed by atoms with E-state index in [1.165, 1.54) is 0 Å². The Bertz CT molecular complexity index is 191. The molecule has 0 radical (unpaired) electrons. The number of piperidine rings is 1. The molecule has 0 aromatic heterocycles. The monoisotopic (exact) mass is 231 g/mol. The summed E-state index contributed by atoms with van der Waals surface area (Å²) >= 11 is 0. The number of hydrogen-bond donors (Lipinski definition) is 1.